The molecule has 25 heavy (non-hydrogen) atoms. The summed E-state index contributed by atoms with van der Waals surface area (Å²) in [5, 5.41) is 4.75. The zero-order valence-electron chi connectivity index (χ0n) is 15.5. The van der Waals surface area contributed by atoms with Gasteiger partial charge in [-0.05, 0) is 57.4 Å². The average Bonchev–Trinajstić information content (AvgIpc) is 2.79. The molecular weight excluding hydrogens is 380 g/mol. The van der Waals surface area contributed by atoms with E-state index in [4.69, 9.17) is 0 Å². The number of hydrogen-bond acceptors (Lipinski definition) is 3. The van der Waals surface area contributed by atoms with Crippen molar-refractivity contribution in [1.29, 1.82) is 0 Å². The van der Waals surface area contributed by atoms with Gasteiger partial charge in [-0.15, -0.1) is 0 Å². The summed E-state index contributed by atoms with van der Waals surface area (Å²) in [6.45, 7) is 11.4. The Morgan fingerprint density at radius 2 is 1.76 bits per heavy atom. The Hall–Kier alpha value is -1.95. The van der Waals surface area contributed by atoms with Gasteiger partial charge in [-0.3, -0.25) is 9.36 Å². The molecule has 0 aliphatic carbocycles. The van der Waals surface area contributed by atoms with Gasteiger partial charge >= 0.3 is 0 Å². The first kappa shape index (κ1) is 17.9. The fraction of sp³-hybridized carbons (Fsp3) is 0.421. The molecule has 0 spiro atoms. The Labute approximate surface area is 155 Å². The van der Waals surface area contributed by atoms with Crippen LogP contribution >= 0.6 is 15.9 Å². The molecule has 0 N–H and O–H groups in total. The smallest absolute Gasteiger partial charge is 0.265 e. The lowest BCUT2D eigenvalue weighted by Gasteiger charge is -2.22. The average molecular weight is 403 g/mol. The Bertz CT molecular complexity index is 1000. The zero-order valence-corrected chi connectivity index (χ0v) is 17.1. The van der Waals surface area contributed by atoms with E-state index in [1.54, 1.807) is 22.6 Å². The van der Waals surface area contributed by atoms with Crippen LogP contribution < -0.4 is 5.56 Å². The van der Waals surface area contributed by atoms with Gasteiger partial charge in [0, 0.05) is 7.05 Å². The molecule has 1 aromatic carbocycles. The van der Waals surface area contributed by atoms with Crippen LogP contribution in [0.2, 0.25) is 0 Å². The molecule has 6 heteroatoms. The highest BCUT2D eigenvalue weighted by Crippen LogP contribution is 2.27. The first-order chi connectivity index (χ1) is 11.6. The van der Waals surface area contributed by atoms with E-state index in [9.17, 15) is 4.79 Å². The van der Waals surface area contributed by atoms with Gasteiger partial charge in [-0.1, -0.05) is 32.9 Å². The quantitative estimate of drug-likeness (QED) is 0.653. The summed E-state index contributed by atoms with van der Waals surface area (Å²) in [6, 6.07) is 4.44. The third-order valence-corrected chi connectivity index (χ3v) is 5.21. The Balaban J connectivity index is 2.09. The van der Waals surface area contributed by atoms with Gasteiger partial charge in [0.25, 0.3) is 5.56 Å². The molecule has 5 nitrogen and oxygen atoms in total. The normalized spacial score (nSPS) is 12.1. The summed E-state index contributed by atoms with van der Waals surface area (Å²) in [4.78, 5) is 17.3. The third-order valence-electron chi connectivity index (χ3n) is 4.66. The molecule has 3 rings (SSSR count). The first-order valence-corrected chi connectivity index (χ1v) is 9.07. The maximum Gasteiger partial charge on any atom is 0.265 e. The molecule has 0 radical (unpaired) electrons. The topological polar surface area (TPSA) is 52.7 Å². The Kier molecular flexibility index (Phi) is 4.35. The van der Waals surface area contributed by atoms with Crippen molar-refractivity contribution in [1.82, 2.24) is 19.3 Å². The minimum atomic E-state index is -0.0799. The highest BCUT2D eigenvalue weighted by molar-refractivity contribution is 9.10. The van der Waals surface area contributed by atoms with Crippen LogP contribution in [-0.2, 0) is 19.0 Å². The van der Waals surface area contributed by atoms with Crippen LogP contribution in [0.15, 0.2) is 27.9 Å². The monoisotopic (exact) mass is 402 g/mol. The number of halogens is 1. The van der Waals surface area contributed by atoms with Crippen molar-refractivity contribution in [3.8, 4) is 0 Å². The summed E-state index contributed by atoms with van der Waals surface area (Å²) in [6.07, 6.45) is 1.61. The number of hydrogen-bond donors (Lipinski definition) is 0. The fourth-order valence-corrected chi connectivity index (χ4v) is 3.68. The van der Waals surface area contributed by atoms with Gasteiger partial charge in [0.05, 0.1) is 6.54 Å². The lowest BCUT2D eigenvalue weighted by molar-refractivity contribution is 0.588. The zero-order chi connectivity index (χ0) is 18.5. The van der Waals surface area contributed by atoms with E-state index < -0.39 is 0 Å². The Morgan fingerprint density at radius 3 is 2.32 bits per heavy atom. The number of nitrogens with zero attached hydrogens (tertiary/aromatic N) is 4. The molecule has 132 valence electrons. The van der Waals surface area contributed by atoms with E-state index in [1.165, 1.54) is 16.7 Å². The number of aromatic nitrogens is 4. The molecule has 0 fully saturated rings. The number of aryl methyl sites for hydroxylation is 3. The van der Waals surface area contributed by atoms with Crippen LogP contribution in [0.3, 0.4) is 0 Å². The highest BCUT2D eigenvalue weighted by atomic mass is 79.9. The van der Waals surface area contributed by atoms with E-state index in [1.807, 2.05) is 0 Å². The molecule has 3 aromatic rings. The second-order valence-electron chi connectivity index (χ2n) is 7.63. The third kappa shape index (κ3) is 3.15. The summed E-state index contributed by atoms with van der Waals surface area (Å²) in [5.74, 6) is 0. The van der Waals surface area contributed by atoms with E-state index in [2.05, 4.69) is 72.8 Å². The van der Waals surface area contributed by atoms with Gasteiger partial charge < -0.3 is 0 Å². The van der Waals surface area contributed by atoms with Gasteiger partial charge in [0.1, 0.15) is 16.3 Å². The van der Waals surface area contributed by atoms with Crippen molar-refractivity contribution in [2.45, 2.75) is 46.6 Å². The van der Waals surface area contributed by atoms with Crippen LogP contribution in [0.5, 0.6) is 0 Å². The fourth-order valence-electron chi connectivity index (χ4n) is 3.09. The second-order valence-corrected chi connectivity index (χ2v) is 8.38. The molecule has 2 aromatic heterocycles. The van der Waals surface area contributed by atoms with Gasteiger partial charge in [0.15, 0.2) is 5.65 Å². The maximum absolute atomic E-state index is 12.9. The first-order valence-electron chi connectivity index (χ1n) is 8.28. The van der Waals surface area contributed by atoms with Gasteiger partial charge in [-0.2, -0.15) is 5.10 Å². The maximum atomic E-state index is 12.9. The van der Waals surface area contributed by atoms with Crippen molar-refractivity contribution in [2.24, 2.45) is 7.05 Å². The minimum Gasteiger partial charge on any atom is -0.294 e. The second kappa shape index (κ2) is 6.09. The summed E-state index contributed by atoms with van der Waals surface area (Å²) in [5.41, 5.74) is 5.47. The molecule has 0 amide bonds. The molecule has 0 bridgehead atoms. The van der Waals surface area contributed by atoms with Crippen molar-refractivity contribution in [3.63, 3.8) is 0 Å². The molecule has 0 aliphatic rings. The molecule has 0 atom stereocenters. The molecule has 2 heterocycles. The van der Waals surface area contributed by atoms with Crippen LogP contribution in [0, 0.1) is 13.8 Å². The lowest BCUT2D eigenvalue weighted by Crippen LogP contribution is -2.22. The summed E-state index contributed by atoms with van der Waals surface area (Å²) < 4.78 is 3.80. The minimum absolute atomic E-state index is 0.0799. The van der Waals surface area contributed by atoms with Crippen molar-refractivity contribution < 1.29 is 0 Å². The molecule has 0 saturated heterocycles. The molecule has 0 unspecified atom stereocenters. The van der Waals surface area contributed by atoms with Crippen LogP contribution in [-0.4, -0.2) is 19.3 Å². The SMILES string of the molecule is Cc1cc(C(C)(C)C)cc(C)c1Cn1cnc2c(c(Br)nn2C)c1=O. The molecule has 0 aliphatic heterocycles. The summed E-state index contributed by atoms with van der Waals surface area (Å²) >= 11 is 3.36. The van der Waals surface area contributed by atoms with Crippen molar-refractivity contribution in [3.05, 3.63) is 55.7 Å². The lowest BCUT2D eigenvalue weighted by atomic mass is 9.84. The highest BCUT2D eigenvalue weighted by Gasteiger charge is 2.18. The Morgan fingerprint density at radius 1 is 1.16 bits per heavy atom. The standard InChI is InChI=1S/C19H23BrN4O/c1-11-7-13(19(3,4)5)8-12(2)14(11)9-24-10-21-17-15(18(24)25)16(20)22-23(17)6/h7-8,10H,9H2,1-6H3. The van der Waals surface area contributed by atoms with E-state index in [0.29, 0.717) is 22.2 Å². The largest absolute Gasteiger partial charge is 0.294 e. The predicted octanol–water partition coefficient (Wildman–Crippen LogP) is 3.86. The van der Waals surface area contributed by atoms with Crippen LogP contribution in [0.1, 0.15) is 43.0 Å². The van der Waals surface area contributed by atoms with Crippen molar-refractivity contribution >= 4 is 27.0 Å². The number of benzene rings is 1. The van der Waals surface area contributed by atoms with E-state index >= 15 is 0 Å². The number of fused-ring (bicyclic) bond motifs is 1. The summed E-state index contributed by atoms with van der Waals surface area (Å²) in [7, 11) is 1.78. The predicted molar refractivity (Wildman–Crippen MR) is 104 cm³/mol. The van der Waals surface area contributed by atoms with Gasteiger partial charge in [0.2, 0.25) is 0 Å². The molecule has 0 saturated carbocycles. The van der Waals surface area contributed by atoms with Gasteiger partial charge in [-0.25, -0.2) is 9.67 Å². The van der Waals surface area contributed by atoms with Crippen LogP contribution in [0.25, 0.3) is 11.0 Å². The van der Waals surface area contributed by atoms with E-state index in [0.717, 1.165) is 5.56 Å². The van der Waals surface area contributed by atoms with Crippen LogP contribution in [0.4, 0.5) is 0 Å². The van der Waals surface area contributed by atoms with E-state index in [-0.39, 0.29) is 11.0 Å². The molecular formula is C19H23BrN4O. The van der Waals surface area contributed by atoms with Crippen molar-refractivity contribution in [2.75, 3.05) is 0 Å². The number of rotatable bonds is 2.